The third-order valence-corrected chi connectivity index (χ3v) is 5.65. The van der Waals surface area contributed by atoms with Crippen LogP contribution >= 0.6 is 15.9 Å². The van der Waals surface area contributed by atoms with E-state index < -0.39 is 11.8 Å². The van der Waals surface area contributed by atoms with Crippen molar-refractivity contribution < 1.29 is 18.3 Å². The molecule has 1 unspecified atom stereocenters. The molecule has 162 valence electrons. The Balaban J connectivity index is 2.05. The summed E-state index contributed by atoms with van der Waals surface area (Å²) in [6, 6.07) is 11.7. The molecule has 2 aromatic rings. The van der Waals surface area contributed by atoms with Crippen LogP contribution in [0.25, 0.3) is 0 Å². The fraction of sp³-hybridized carbons (Fsp3) is 0.409. The van der Waals surface area contributed by atoms with Crippen molar-refractivity contribution >= 4 is 33.2 Å². The second-order valence-electron chi connectivity index (χ2n) is 7.80. The van der Waals surface area contributed by atoms with Crippen molar-refractivity contribution in [2.24, 2.45) is 0 Å². The molecule has 5 nitrogen and oxygen atoms in total. The molecule has 1 aliphatic heterocycles. The number of nitrogens with one attached hydrogen (secondary N) is 1. The van der Waals surface area contributed by atoms with E-state index in [-0.39, 0.29) is 11.7 Å². The molecular weight excluding hydrogens is 456 g/mol. The number of carbonyl (C=O) groups is 1. The normalized spacial score (nSPS) is 18.9. The number of carbonyl (C=O) groups excluding carboxylic acids is 1. The van der Waals surface area contributed by atoms with E-state index in [1.165, 1.54) is 12.1 Å². The predicted molar refractivity (Wildman–Crippen MR) is 118 cm³/mol. The van der Waals surface area contributed by atoms with Gasteiger partial charge in [0.25, 0.3) is 5.91 Å². The largest absolute Gasteiger partial charge is 0.433 e. The fourth-order valence-electron chi connectivity index (χ4n) is 3.67. The average Bonchev–Trinajstić information content (AvgIpc) is 2.66. The number of nitrogens with zero attached hydrogens (tertiary/aromatic N) is 2. The molecular formula is C22H26BrF2N3O2. The molecule has 0 bridgehead atoms. The third kappa shape index (κ3) is 4.75. The summed E-state index contributed by atoms with van der Waals surface area (Å²) in [5.74, 6) is -0.0882. The first-order valence-electron chi connectivity index (χ1n) is 9.78. The zero-order valence-corrected chi connectivity index (χ0v) is 19.1. The topological polar surface area (TPSA) is 44.8 Å². The maximum atomic E-state index is 13.6. The quantitative estimate of drug-likeness (QED) is 0.561. The zero-order valence-electron chi connectivity index (χ0n) is 17.5. The van der Waals surface area contributed by atoms with Gasteiger partial charge in [0.05, 0.1) is 5.56 Å². The number of benzene rings is 2. The van der Waals surface area contributed by atoms with E-state index in [0.29, 0.717) is 31.0 Å². The first kappa shape index (κ1) is 22.5. The van der Waals surface area contributed by atoms with Crippen molar-refractivity contribution in [3.8, 4) is 5.75 Å². The lowest BCUT2D eigenvalue weighted by molar-refractivity contribution is -0.158. The molecule has 3 rings (SSSR count). The van der Waals surface area contributed by atoms with Crippen molar-refractivity contribution in [1.29, 1.82) is 0 Å². The van der Waals surface area contributed by atoms with Crippen molar-refractivity contribution in [3.63, 3.8) is 0 Å². The van der Waals surface area contributed by atoms with Crippen LogP contribution in [0.2, 0.25) is 0 Å². The highest BCUT2D eigenvalue weighted by atomic mass is 79.9. The highest BCUT2D eigenvalue weighted by Crippen LogP contribution is 2.40. The first-order valence-corrected chi connectivity index (χ1v) is 10.6. The molecule has 0 radical (unpaired) electrons. The van der Waals surface area contributed by atoms with Gasteiger partial charge in [-0.15, -0.1) is 0 Å². The molecule has 1 N–H and O–H groups in total. The Morgan fingerprint density at radius 1 is 1.20 bits per heavy atom. The third-order valence-electron chi connectivity index (χ3n) is 5.16. The first-order chi connectivity index (χ1) is 14.0. The molecule has 0 aromatic heterocycles. The number of anilines is 2. The van der Waals surface area contributed by atoms with Crippen LogP contribution in [-0.2, 0) is 0 Å². The van der Waals surface area contributed by atoms with Gasteiger partial charge in [0.2, 0.25) is 0 Å². The zero-order chi connectivity index (χ0) is 22.1. The van der Waals surface area contributed by atoms with Crippen molar-refractivity contribution in [2.45, 2.75) is 38.5 Å². The molecule has 0 spiro atoms. The van der Waals surface area contributed by atoms with E-state index in [1.54, 1.807) is 23.1 Å². The molecule has 0 aliphatic carbocycles. The molecule has 1 aliphatic rings. The minimum absolute atomic E-state index is 0.0448. The van der Waals surface area contributed by atoms with Gasteiger partial charge in [-0.25, -0.2) is 0 Å². The number of fused-ring (bicyclic) bond motifs is 1. The molecule has 0 saturated heterocycles. The number of halogens is 3. The smallest absolute Gasteiger partial charge is 0.394 e. The van der Waals surface area contributed by atoms with Gasteiger partial charge < -0.3 is 15.0 Å². The molecule has 1 amide bonds. The maximum Gasteiger partial charge on any atom is 0.394 e. The SMILES string of the molecule is CCC1(CCN(C)C)Nc2cc(Br)ccc2C(=O)N1c1ccc(OC(C)(F)F)cc1. The van der Waals surface area contributed by atoms with Crippen LogP contribution < -0.4 is 15.0 Å². The Morgan fingerprint density at radius 3 is 2.43 bits per heavy atom. The van der Waals surface area contributed by atoms with Crippen LogP contribution in [0, 0.1) is 0 Å². The Bertz CT molecular complexity index is 916. The summed E-state index contributed by atoms with van der Waals surface area (Å²) in [7, 11) is 3.97. The molecule has 30 heavy (non-hydrogen) atoms. The van der Waals surface area contributed by atoms with Crippen LogP contribution in [0.1, 0.15) is 37.0 Å². The van der Waals surface area contributed by atoms with Crippen molar-refractivity contribution in [2.75, 3.05) is 30.9 Å². The van der Waals surface area contributed by atoms with Gasteiger partial charge in [-0.3, -0.25) is 9.69 Å². The number of hydrogen-bond donors (Lipinski definition) is 1. The monoisotopic (exact) mass is 481 g/mol. The van der Waals surface area contributed by atoms with E-state index in [1.807, 2.05) is 33.2 Å². The Labute approximate surface area is 184 Å². The summed E-state index contributed by atoms with van der Waals surface area (Å²) in [6.45, 7) is 3.48. The molecule has 0 fully saturated rings. The van der Waals surface area contributed by atoms with E-state index in [9.17, 15) is 13.6 Å². The van der Waals surface area contributed by atoms with Crippen LogP contribution in [0.15, 0.2) is 46.9 Å². The summed E-state index contributed by atoms with van der Waals surface area (Å²) in [5.41, 5.74) is 1.30. The Hall–Kier alpha value is -2.19. The van der Waals surface area contributed by atoms with E-state index in [2.05, 4.69) is 30.9 Å². The number of hydrogen-bond acceptors (Lipinski definition) is 4. The van der Waals surface area contributed by atoms with Crippen molar-refractivity contribution in [1.82, 2.24) is 4.90 Å². The van der Waals surface area contributed by atoms with Gasteiger partial charge in [0, 0.05) is 35.7 Å². The number of amides is 1. The standard InChI is InChI=1S/C22H26BrF2N3O2/c1-5-22(12-13-27(3)4)26-19-14-15(23)6-11-18(19)20(29)28(22)16-7-9-17(10-8-16)30-21(2,24)25/h6-11,14,26H,5,12-13H2,1-4H3. The minimum Gasteiger partial charge on any atom is -0.433 e. The molecule has 1 heterocycles. The number of ether oxygens (including phenoxy) is 1. The van der Waals surface area contributed by atoms with E-state index in [4.69, 9.17) is 0 Å². The molecule has 0 saturated carbocycles. The summed E-state index contributed by atoms with van der Waals surface area (Å²) in [4.78, 5) is 17.4. The summed E-state index contributed by atoms with van der Waals surface area (Å²) in [5, 5.41) is 3.59. The maximum absolute atomic E-state index is 13.6. The van der Waals surface area contributed by atoms with Gasteiger partial charge in [0.1, 0.15) is 11.4 Å². The van der Waals surface area contributed by atoms with Gasteiger partial charge >= 0.3 is 6.11 Å². The molecule has 1 atom stereocenters. The average molecular weight is 482 g/mol. The minimum atomic E-state index is -3.27. The number of rotatable bonds is 7. The Morgan fingerprint density at radius 2 is 1.87 bits per heavy atom. The highest BCUT2D eigenvalue weighted by Gasteiger charge is 2.44. The van der Waals surface area contributed by atoms with Gasteiger partial charge in [0.15, 0.2) is 0 Å². The van der Waals surface area contributed by atoms with E-state index in [0.717, 1.165) is 16.7 Å². The highest BCUT2D eigenvalue weighted by molar-refractivity contribution is 9.10. The lowest BCUT2D eigenvalue weighted by Crippen LogP contribution is -2.61. The predicted octanol–water partition coefficient (Wildman–Crippen LogP) is 5.57. The number of alkyl halides is 2. The van der Waals surface area contributed by atoms with Gasteiger partial charge in [-0.2, -0.15) is 8.78 Å². The Kier molecular flexibility index (Phi) is 6.38. The molecule has 2 aromatic carbocycles. The van der Waals surface area contributed by atoms with Crippen LogP contribution in [0.3, 0.4) is 0 Å². The van der Waals surface area contributed by atoms with Crippen LogP contribution in [0.4, 0.5) is 20.2 Å². The van der Waals surface area contributed by atoms with E-state index >= 15 is 0 Å². The summed E-state index contributed by atoms with van der Waals surface area (Å²) >= 11 is 3.48. The summed E-state index contributed by atoms with van der Waals surface area (Å²) < 4.78 is 31.9. The second-order valence-corrected chi connectivity index (χ2v) is 8.71. The summed E-state index contributed by atoms with van der Waals surface area (Å²) in [6.07, 6.45) is -1.93. The fourth-order valence-corrected chi connectivity index (χ4v) is 4.03. The second kappa shape index (κ2) is 8.51. The lowest BCUT2D eigenvalue weighted by atomic mass is 9.92. The van der Waals surface area contributed by atoms with Crippen molar-refractivity contribution in [3.05, 3.63) is 52.5 Å². The molecule has 8 heteroatoms. The van der Waals surface area contributed by atoms with Gasteiger partial charge in [-0.05, 0) is 63.0 Å². The van der Waals surface area contributed by atoms with Gasteiger partial charge in [-0.1, -0.05) is 22.9 Å². The van der Waals surface area contributed by atoms with Crippen LogP contribution in [-0.4, -0.2) is 43.2 Å². The van der Waals surface area contributed by atoms with Crippen LogP contribution in [0.5, 0.6) is 5.75 Å². The lowest BCUT2D eigenvalue weighted by Gasteiger charge is -2.48.